The van der Waals surface area contributed by atoms with Crippen molar-refractivity contribution in [3.8, 4) is 11.3 Å². The molecule has 1 atom stereocenters. The summed E-state index contributed by atoms with van der Waals surface area (Å²) in [6.45, 7) is 3.11. The van der Waals surface area contributed by atoms with Crippen molar-refractivity contribution in [1.82, 2.24) is 15.4 Å². The smallest absolute Gasteiger partial charge is 0.167 e. The van der Waals surface area contributed by atoms with Gasteiger partial charge in [-0.3, -0.25) is 4.90 Å². The maximum absolute atomic E-state index is 5.47. The summed E-state index contributed by atoms with van der Waals surface area (Å²) in [6.07, 6.45) is 3.72. The third-order valence-electron chi connectivity index (χ3n) is 4.20. The van der Waals surface area contributed by atoms with Crippen LogP contribution in [0.5, 0.6) is 0 Å². The molecule has 21 heavy (non-hydrogen) atoms. The molecule has 0 spiro atoms. The van der Waals surface area contributed by atoms with Crippen LogP contribution in [0.4, 0.5) is 0 Å². The van der Waals surface area contributed by atoms with Crippen LogP contribution in [0.15, 0.2) is 40.9 Å². The molecular formula is C17H23N3O. The monoisotopic (exact) mass is 285 g/mol. The summed E-state index contributed by atoms with van der Waals surface area (Å²) < 4.78 is 5.47. The molecule has 2 aromatic rings. The highest BCUT2D eigenvalue weighted by Crippen LogP contribution is 2.21. The van der Waals surface area contributed by atoms with Crippen LogP contribution in [-0.2, 0) is 6.54 Å². The Morgan fingerprint density at radius 1 is 1.24 bits per heavy atom. The van der Waals surface area contributed by atoms with Crippen molar-refractivity contribution >= 4 is 0 Å². The molecule has 1 aliphatic heterocycles. The Kier molecular flexibility index (Phi) is 4.68. The fraction of sp³-hybridized carbons (Fsp3) is 0.471. The van der Waals surface area contributed by atoms with E-state index in [9.17, 15) is 0 Å². The summed E-state index contributed by atoms with van der Waals surface area (Å²) in [5, 5.41) is 7.68. The molecular weight excluding hydrogens is 262 g/mol. The SMILES string of the molecule is CN(Cc1cc(-c2ccccc2)on1)C1CCCNCC1. The maximum atomic E-state index is 5.47. The van der Waals surface area contributed by atoms with E-state index in [4.69, 9.17) is 4.52 Å². The fourth-order valence-electron chi connectivity index (χ4n) is 2.95. The number of aromatic nitrogens is 1. The first-order valence-corrected chi connectivity index (χ1v) is 7.75. The molecule has 0 aliphatic carbocycles. The summed E-state index contributed by atoms with van der Waals surface area (Å²) in [6, 6.07) is 12.8. The molecule has 1 fully saturated rings. The number of hydrogen-bond acceptors (Lipinski definition) is 4. The van der Waals surface area contributed by atoms with Gasteiger partial charge in [-0.15, -0.1) is 0 Å². The Balaban J connectivity index is 1.64. The first-order valence-electron chi connectivity index (χ1n) is 7.75. The summed E-state index contributed by atoms with van der Waals surface area (Å²) in [7, 11) is 2.19. The van der Waals surface area contributed by atoms with E-state index in [0.717, 1.165) is 36.7 Å². The largest absolute Gasteiger partial charge is 0.356 e. The molecule has 0 radical (unpaired) electrons. The van der Waals surface area contributed by atoms with Gasteiger partial charge in [0.25, 0.3) is 0 Å². The Hall–Kier alpha value is -1.65. The summed E-state index contributed by atoms with van der Waals surface area (Å²) in [4.78, 5) is 2.40. The van der Waals surface area contributed by atoms with Gasteiger partial charge in [0.1, 0.15) is 0 Å². The number of hydrogen-bond donors (Lipinski definition) is 1. The molecule has 3 rings (SSSR count). The van der Waals surface area contributed by atoms with E-state index in [2.05, 4.69) is 28.5 Å². The van der Waals surface area contributed by atoms with Crippen molar-refractivity contribution in [1.29, 1.82) is 0 Å². The van der Waals surface area contributed by atoms with Gasteiger partial charge in [0.15, 0.2) is 5.76 Å². The van der Waals surface area contributed by atoms with E-state index in [0.29, 0.717) is 6.04 Å². The van der Waals surface area contributed by atoms with Gasteiger partial charge in [-0.2, -0.15) is 0 Å². The van der Waals surface area contributed by atoms with Crippen LogP contribution in [0.1, 0.15) is 25.0 Å². The number of rotatable bonds is 4. The highest BCUT2D eigenvalue weighted by atomic mass is 16.5. The van der Waals surface area contributed by atoms with Crippen LogP contribution in [-0.4, -0.2) is 36.2 Å². The first-order chi connectivity index (χ1) is 10.3. The lowest BCUT2D eigenvalue weighted by Gasteiger charge is -2.25. The Morgan fingerprint density at radius 3 is 2.95 bits per heavy atom. The van der Waals surface area contributed by atoms with E-state index in [1.54, 1.807) is 0 Å². The molecule has 112 valence electrons. The molecule has 1 aromatic carbocycles. The third kappa shape index (κ3) is 3.71. The van der Waals surface area contributed by atoms with Crippen LogP contribution in [0.25, 0.3) is 11.3 Å². The standard InChI is InChI=1S/C17H23N3O/c1-20(16-8-5-10-18-11-9-16)13-15-12-17(21-19-15)14-6-3-2-4-7-14/h2-4,6-7,12,16,18H,5,8-11,13H2,1H3. The zero-order valence-electron chi connectivity index (χ0n) is 12.6. The zero-order chi connectivity index (χ0) is 14.5. The predicted molar refractivity (Wildman–Crippen MR) is 83.9 cm³/mol. The van der Waals surface area contributed by atoms with Crippen LogP contribution < -0.4 is 5.32 Å². The Bertz CT molecular complexity index is 544. The van der Waals surface area contributed by atoms with Gasteiger partial charge in [0.2, 0.25) is 0 Å². The molecule has 2 heterocycles. The molecule has 1 saturated heterocycles. The molecule has 0 saturated carbocycles. The molecule has 4 nitrogen and oxygen atoms in total. The average molecular weight is 285 g/mol. The second-order valence-electron chi connectivity index (χ2n) is 5.80. The van der Waals surface area contributed by atoms with Gasteiger partial charge in [0.05, 0.1) is 5.69 Å². The highest BCUT2D eigenvalue weighted by Gasteiger charge is 2.18. The van der Waals surface area contributed by atoms with Crippen LogP contribution in [0.2, 0.25) is 0 Å². The minimum absolute atomic E-state index is 0.636. The van der Waals surface area contributed by atoms with E-state index in [-0.39, 0.29) is 0 Å². The van der Waals surface area contributed by atoms with Gasteiger partial charge in [0, 0.05) is 24.2 Å². The van der Waals surface area contributed by atoms with Crippen LogP contribution in [0.3, 0.4) is 0 Å². The van der Waals surface area contributed by atoms with Gasteiger partial charge in [-0.25, -0.2) is 0 Å². The van der Waals surface area contributed by atoms with Gasteiger partial charge in [-0.1, -0.05) is 35.5 Å². The molecule has 0 bridgehead atoms. The highest BCUT2D eigenvalue weighted by molar-refractivity contribution is 5.56. The summed E-state index contributed by atoms with van der Waals surface area (Å²) >= 11 is 0. The predicted octanol–water partition coefficient (Wildman–Crippen LogP) is 2.92. The average Bonchev–Trinajstić information content (AvgIpc) is 2.81. The molecule has 0 amide bonds. The lowest BCUT2D eigenvalue weighted by Crippen LogP contribution is -2.32. The van der Waals surface area contributed by atoms with Gasteiger partial charge < -0.3 is 9.84 Å². The number of benzene rings is 1. The van der Waals surface area contributed by atoms with Crippen molar-refractivity contribution in [2.45, 2.75) is 31.8 Å². The van der Waals surface area contributed by atoms with Crippen molar-refractivity contribution in [3.63, 3.8) is 0 Å². The van der Waals surface area contributed by atoms with E-state index >= 15 is 0 Å². The van der Waals surface area contributed by atoms with Crippen LogP contribution in [0, 0.1) is 0 Å². The molecule has 1 aromatic heterocycles. The van der Waals surface area contributed by atoms with E-state index in [1.165, 1.54) is 19.3 Å². The first kappa shape index (κ1) is 14.3. The normalized spacial score (nSPS) is 19.6. The lowest BCUT2D eigenvalue weighted by molar-refractivity contribution is 0.211. The molecule has 1 unspecified atom stereocenters. The van der Waals surface area contributed by atoms with Crippen molar-refractivity contribution in [2.24, 2.45) is 0 Å². The van der Waals surface area contributed by atoms with E-state index < -0.39 is 0 Å². The van der Waals surface area contributed by atoms with Gasteiger partial charge >= 0.3 is 0 Å². The lowest BCUT2D eigenvalue weighted by atomic mass is 10.1. The zero-order valence-corrected chi connectivity index (χ0v) is 12.6. The minimum atomic E-state index is 0.636. The second kappa shape index (κ2) is 6.87. The molecule has 1 N–H and O–H groups in total. The molecule has 1 aliphatic rings. The number of nitrogens with one attached hydrogen (secondary N) is 1. The summed E-state index contributed by atoms with van der Waals surface area (Å²) in [5.41, 5.74) is 2.09. The van der Waals surface area contributed by atoms with Gasteiger partial charge in [-0.05, 0) is 39.4 Å². The topological polar surface area (TPSA) is 41.3 Å². The quantitative estimate of drug-likeness (QED) is 0.938. The number of nitrogens with zero attached hydrogens (tertiary/aromatic N) is 2. The second-order valence-corrected chi connectivity index (χ2v) is 5.80. The third-order valence-corrected chi connectivity index (χ3v) is 4.20. The van der Waals surface area contributed by atoms with Crippen molar-refractivity contribution < 1.29 is 4.52 Å². The maximum Gasteiger partial charge on any atom is 0.167 e. The Morgan fingerprint density at radius 2 is 2.10 bits per heavy atom. The molecule has 4 heteroatoms. The summed E-state index contributed by atoms with van der Waals surface area (Å²) in [5.74, 6) is 0.849. The fourth-order valence-corrected chi connectivity index (χ4v) is 2.95. The minimum Gasteiger partial charge on any atom is -0.356 e. The van der Waals surface area contributed by atoms with Crippen LogP contribution >= 0.6 is 0 Å². The van der Waals surface area contributed by atoms with Crippen molar-refractivity contribution in [3.05, 3.63) is 42.1 Å². The van der Waals surface area contributed by atoms with Crippen molar-refractivity contribution in [2.75, 3.05) is 20.1 Å². The van der Waals surface area contributed by atoms with E-state index in [1.807, 2.05) is 30.3 Å². The Labute approximate surface area is 126 Å².